The topological polar surface area (TPSA) is 89.6 Å². The fourth-order valence-electron chi connectivity index (χ4n) is 5.02. The number of thiazole rings is 1. The number of piperidine rings is 1. The van der Waals surface area contributed by atoms with E-state index in [4.69, 9.17) is 0 Å². The Hall–Kier alpha value is -3.17. The Morgan fingerprint density at radius 1 is 1.29 bits per heavy atom. The number of urea groups is 1. The fourth-order valence-corrected chi connectivity index (χ4v) is 5.86. The Bertz CT molecular complexity index is 1100. The van der Waals surface area contributed by atoms with E-state index in [1.165, 1.54) is 11.3 Å². The van der Waals surface area contributed by atoms with E-state index in [1.807, 2.05) is 43.4 Å². The Morgan fingerprint density at radius 2 is 2.06 bits per heavy atom. The first-order chi connectivity index (χ1) is 16.5. The van der Waals surface area contributed by atoms with Crippen molar-refractivity contribution in [1.82, 2.24) is 25.8 Å². The minimum Gasteiger partial charge on any atom is -0.370 e. The minimum absolute atomic E-state index is 0.0840. The average molecular weight is 479 g/mol. The number of allylic oxidation sites excluding steroid dienone is 5. The van der Waals surface area contributed by atoms with Crippen LogP contribution in [0.2, 0.25) is 0 Å². The van der Waals surface area contributed by atoms with Crippen LogP contribution in [0, 0.1) is 5.41 Å². The number of carbonyl (C=O) groups is 2. The summed E-state index contributed by atoms with van der Waals surface area (Å²) < 4.78 is 0. The van der Waals surface area contributed by atoms with Crippen LogP contribution in [0.25, 0.3) is 0 Å². The van der Waals surface area contributed by atoms with Crippen molar-refractivity contribution in [3.8, 4) is 0 Å². The quantitative estimate of drug-likeness (QED) is 0.547. The maximum absolute atomic E-state index is 13.1. The molecule has 1 spiro atoms. The van der Waals surface area contributed by atoms with Crippen LogP contribution in [0.4, 0.5) is 9.93 Å². The highest BCUT2D eigenvalue weighted by atomic mass is 32.1. The summed E-state index contributed by atoms with van der Waals surface area (Å²) >= 11 is 1.29. The lowest BCUT2D eigenvalue weighted by Crippen LogP contribution is -2.58. The van der Waals surface area contributed by atoms with Crippen LogP contribution in [0.3, 0.4) is 0 Å². The van der Waals surface area contributed by atoms with Crippen molar-refractivity contribution in [3.05, 3.63) is 71.6 Å². The molecule has 1 aromatic rings. The maximum atomic E-state index is 13.1. The van der Waals surface area contributed by atoms with Gasteiger partial charge in [-0.2, -0.15) is 0 Å². The molecule has 9 heteroatoms. The van der Waals surface area contributed by atoms with Gasteiger partial charge in [0.05, 0.1) is 23.5 Å². The molecule has 0 saturated carbocycles. The van der Waals surface area contributed by atoms with Gasteiger partial charge in [0.2, 0.25) is 0 Å². The largest absolute Gasteiger partial charge is 0.370 e. The zero-order valence-corrected chi connectivity index (χ0v) is 20.1. The van der Waals surface area contributed by atoms with Crippen molar-refractivity contribution in [2.24, 2.45) is 5.41 Å². The second kappa shape index (κ2) is 9.23. The Kier molecular flexibility index (Phi) is 6.14. The molecule has 178 valence electrons. The number of aromatic nitrogens is 1. The van der Waals surface area contributed by atoms with Gasteiger partial charge in [0.15, 0.2) is 5.13 Å². The monoisotopic (exact) mass is 478 g/mol. The van der Waals surface area contributed by atoms with E-state index >= 15 is 0 Å². The van der Waals surface area contributed by atoms with Crippen molar-refractivity contribution in [1.29, 1.82) is 0 Å². The molecule has 8 nitrogen and oxygen atoms in total. The van der Waals surface area contributed by atoms with Crippen LogP contribution in [0.1, 0.15) is 30.3 Å². The zero-order valence-electron chi connectivity index (χ0n) is 19.3. The summed E-state index contributed by atoms with van der Waals surface area (Å²) in [6.07, 6.45) is 15.7. The van der Waals surface area contributed by atoms with Crippen molar-refractivity contribution in [2.75, 3.05) is 31.1 Å². The summed E-state index contributed by atoms with van der Waals surface area (Å²) in [5, 5.41) is 11.6. The summed E-state index contributed by atoms with van der Waals surface area (Å²) in [4.78, 5) is 34.1. The molecule has 5 rings (SSSR count). The van der Waals surface area contributed by atoms with Crippen molar-refractivity contribution < 1.29 is 9.59 Å². The molecule has 4 heterocycles. The fraction of sp³-hybridized carbons (Fsp3) is 0.400. The molecule has 2 atom stereocenters. The van der Waals surface area contributed by atoms with Crippen LogP contribution in [0.5, 0.6) is 0 Å². The van der Waals surface area contributed by atoms with Gasteiger partial charge in [-0.05, 0) is 31.3 Å². The van der Waals surface area contributed by atoms with Gasteiger partial charge < -0.3 is 20.9 Å². The van der Waals surface area contributed by atoms with Crippen molar-refractivity contribution in [3.63, 3.8) is 0 Å². The third kappa shape index (κ3) is 4.10. The standard InChI is InChI=1S/C25H30N6O2S/c1-3-7-20(30-12-10-25(11-13-30)15-26-16-25)17(4-2)27-22(32)19-14-34-24(29-19)31-21-9-6-5-8-18(21)28-23(31)33/h3-9,14,18,21,26H,1,10-13,15-16H2,2H3,(H,27,32)(H,28,33)/b17-4+,20-7+. The third-order valence-corrected chi connectivity index (χ3v) is 7.94. The second-order valence-corrected chi connectivity index (χ2v) is 9.99. The molecule has 4 aliphatic rings. The number of carbonyl (C=O) groups excluding carboxylic acids is 2. The number of nitrogens with zero attached hydrogens (tertiary/aromatic N) is 3. The number of fused-ring (bicyclic) bond motifs is 1. The average Bonchev–Trinajstić information content (AvgIpc) is 3.44. The zero-order chi connectivity index (χ0) is 23.7. The maximum Gasteiger partial charge on any atom is 0.324 e. The predicted octanol–water partition coefficient (Wildman–Crippen LogP) is 2.92. The van der Waals surface area contributed by atoms with E-state index in [-0.39, 0.29) is 24.0 Å². The van der Waals surface area contributed by atoms with Crippen molar-refractivity contribution in [2.45, 2.75) is 31.8 Å². The normalized spacial score (nSPS) is 25.7. The molecule has 1 aliphatic carbocycles. The molecular formula is C25H30N6O2S. The summed E-state index contributed by atoms with van der Waals surface area (Å²) in [6, 6.07) is -0.428. The molecule has 3 amide bonds. The highest BCUT2D eigenvalue weighted by Gasteiger charge is 2.41. The Balaban J connectivity index is 1.28. The first-order valence-electron chi connectivity index (χ1n) is 11.7. The van der Waals surface area contributed by atoms with Crippen LogP contribution >= 0.6 is 11.3 Å². The van der Waals surface area contributed by atoms with Crippen molar-refractivity contribution >= 4 is 28.4 Å². The van der Waals surface area contributed by atoms with Gasteiger partial charge in [-0.1, -0.05) is 43.0 Å². The van der Waals surface area contributed by atoms with Gasteiger partial charge in [-0.25, -0.2) is 9.78 Å². The number of anilines is 1. The predicted molar refractivity (Wildman–Crippen MR) is 135 cm³/mol. The summed E-state index contributed by atoms with van der Waals surface area (Å²) in [5.74, 6) is -0.294. The van der Waals surface area contributed by atoms with E-state index in [0.717, 1.165) is 50.4 Å². The summed E-state index contributed by atoms with van der Waals surface area (Å²) in [7, 11) is 0. The number of hydrogen-bond acceptors (Lipinski definition) is 6. The molecule has 0 radical (unpaired) electrons. The lowest BCUT2D eigenvalue weighted by molar-refractivity contribution is 0.0703. The molecular weight excluding hydrogens is 448 g/mol. The van der Waals surface area contributed by atoms with Crippen LogP contribution < -0.4 is 20.9 Å². The van der Waals surface area contributed by atoms with Gasteiger partial charge in [0, 0.05) is 31.6 Å². The van der Waals surface area contributed by atoms with E-state index in [9.17, 15) is 9.59 Å². The number of likely N-dealkylation sites (tertiary alicyclic amines) is 1. The van der Waals surface area contributed by atoms with Gasteiger partial charge in [0.1, 0.15) is 5.69 Å². The molecule has 3 saturated heterocycles. The molecule has 0 aromatic carbocycles. The highest BCUT2D eigenvalue weighted by molar-refractivity contribution is 7.14. The molecule has 1 aromatic heterocycles. The minimum atomic E-state index is -0.294. The Labute approximate surface area is 203 Å². The van der Waals surface area contributed by atoms with Gasteiger partial charge in [-0.15, -0.1) is 11.3 Å². The second-order valence-electron chi connectivity index (χ2n) is 9.16. The lowest BCUT2D eigenvalue weighted by atomic mass is 9.73. The van der Waals surface area contributed by atoms with Gasteiger partial charge in [0.25, 0.3) is 5.91 Å². The first-order valence-corrected chi connectivity index (χ1v) is 12.6. The molecule has 0 bridgehead atoms. The third-order valence-electron chi connectivity index (χ3n) is 7.10. The molecule has 3 aliphatic heterocycles. The summed E-state index contributed by atoms with van der Waals surface area (Å²) in [6.45, 7) is 9.89. The van der Waals surface area contributed by atoms with E-state index in [1.54, 1.807) is 16.4 Å². The summed E-state index contributed by atoms with van der Waals surface area (Å²) in [5.41, 5.74) is 2.43. The molecule has 2 unspecified atom stereocenters. The van der Waals surface area contributed by atoms with Crippen LogP contribution in [-0.4, -0.2) is 60.1 Å². The van der Waals surface area contributed by atoms with Gasteiger partial charge in [-0.3, -0.25) is 9.69 Å². The van der Waals surface area contributed by atoms with E-state index in [2.05, 4.69) is 32.4 Å². The van der Waals surface area contributed by atoms with E-state index < -0.39 is 0 Å². The lowest BCUT2D eigenvalue weighted by Gasteiger charge is -2.49. The number of rotatable bonds is 6. The van der Waals surface area contributed by atoms with Gasteiger partial charge >= 0.3 is 6.03 Å². The number of nitrogens with one attached hydrogen (secondary N) is 3. The SMILES string of the molecule is C=C/C=C(\C(=C/C)NC(=O)c1csc(N2C(=O)NC3C=CC=CC32)n1)N1CCC2(CC1)CNC2. The van der Waals surface area contributed by atoms with Crippen LogP contribution in [0.15, 0.2) is 65.9 Å². The Morgan fingerprint density at radius 3 is 2.74 bits per heavy atom. The van der Waals surface area contributed by atoms with E-state index in [0.29, 0.717) is 16.2 Å². The number of amides is 3. The molecule has 3 fully saturated rings. The smallest absolute Gasteiger partial charge is 0.324 e. The molecule has 3 N–H and O–H groups in total. The highest BCUT2D eigenvalue weighted by Crippen LogP contribution is 2.37. The number of hydrogen-bond donors (Lipinski definition) is 3. The molecule has 34 heavy (non-hydrogen) atoms. The first kappa shape index (κ1) is 22.6. The van der Waals surface area contributed by atoms with Crippen LogP contribution in [-0.2, 0) is 0 Å².